The molecule has 0 heterocycles. The lowest BCUT2D eigenvalue weighted by molar-refractivity contribution is -0.147. The van der Waals surface area contributed by atoms with E-state index in [4.69, 9.17) is 9.47 Å². The number of methoxy groups -OCH3 is 1. The van der Waals surface area contributed by atoms with Gasteiger partial charge in [-0.1, -0.05) is 12.1 Å². The van der Waals surface area contributed by atoms with Gasteiger partial charge in [0.15, 0.2) is 0 Å². The molecule has 0 amide bonds. The van der Waals surface area contributed by atoms with E-state index in [-0.39, 0.29) is 6.42 Å². The van der Waals surface area contributed by atoms with Crippen LogP contribution in [0.4, 0.5) is 0 Å². The summed E-state index contributed by atoms with van der Waals surface area (Å²) in [5, 5.41) is 10.8. The Hall–Kier alpha value is -1.81. The van der Waals surface area contributed by atoms with Crippen LogP contribution in [0, 0.1) is 0 Å². The molecule has 2 rings (SSSR count). The Kier molecular flexibility index (Phi) is 3.62. The fourth-order valence-electron chi connectivity index (χ4n) is 2.37. The number of ether oxygens (including phenoxy) is 2. The molecule has 1 aliphatic carbocycles. The molecule has 0 spiro atoms. The number of aliphatic hydroxyl groups is 1. The molecule has 1 atom stereocenters. The van der Waals surface area contributed by atoms with E-state index in [0.717, 1.165) is 11.1 Å². The Morgan fingerprint density at radius 2 is 2.16 bits per heavy atom. The fourth-order valence-corrected chi connectivity index (χ4v) is 2.37. The quantitative estimate of drug-likeness (QED) is 0.846. The maximum absolute atomic E-state index is 11.7. The van der Waals surface area contributed by atoms with Crippen molar-refractivity contribution in [2.24, 2.45) is 0 Å². The van der Waals surface area contributed by atoms with E-state index in [1.807, 2.05) is 25.1 Å². The molecule has 1 aromatic rings. The van der Waals surface area contributed by atoms with Gasteiger partial charge in [-0.25, -0.2) is 0 Å². The zero-order chi connectivity index (χ0) is 14.0. The number of hydrogen-bond donors (Lipinski definition) is 1. The van der Waals surface area contributed by atoms with Crippen molar-refractivity contribution in [3.8, 4) is 5.75 Å². The Bertz CT molecular complexity index is 533. The van der Waals surface area contributed by atoms with E-state index in [1.165, 1.54) is 0 Å². The van der Waals surface area contributed by atoms with Crippen LogP contribution in [0.1, 0.15) is 31.4 Å². The number of hydrogen-bond acceptors (Lipinski definition) is 4. The maximum Gasteiger partial charge on any atom is 0.309 e. The Morgan fingerprint density at radius 1 is 1.42 bits per heavy atom. The summed E-state index contributed by atoms with van der Waals surface area (Å²) in [6, 6.07) is 5.47. The SMILES string of the molecule is CCOC(=O)CC1(O)C(C)=Cc2ccc(OC)cc21. The lowest BCUT2D eigenvalue weighted by Gasteiger charge is -2.25. The van der Waals surface area contributed by atoms with Crippen LogP contribution in [0.5, 0.6) is 5.75 Å². The first-order chi connectivity index (χ1) is 9.01. The average molecular weight is 262 g/mol. The monoisotopic (exact) mass is 262 g/mol. The predicted molar refractivity (Wildman–Crippen MR) is 71.8 cm³/mol. The summed E-state index contributed by atoms with van der Waals surface area (Å²) in [5.74, 6) is 0.248. The molecule has 0 aromatic heterocycles. The molecule has 4 nitrogen and oxygen atoms in total. The Morgan fingerprint density at radius 3 is 2.79 bits per heavy atom. The molecule has 1 aliphatic rings. The van der Waals surface area contributed by atoms with Crippen molar-refractivity contribution in [2.75, 3.05) is 13.7 Å². The molecule has 1 aromatic carbocycles. The van der Waals surface area contributed by atoms with Gasteiger partial charge in [-0.3, -0.25) is 4.79 Å². The summed E-state index contributed by atoms with van der Waals surface area (Å²) in [4.78, 5) is 11.7. The van der Waals surface area contributed by atoms with Crippen LogP contribution >= 0.6 is 0 Å². The van der Waals surface area contributed by atoms with Gasteiger partial charge in [-0.05, 0) is 42.7 Å². The lowest BCUT2D eigenvalue weighted by atomic mass is 9.88. The molecule has 0 fully saturated rings. The summed E-state index contributed by atoms with van der Waals surface area (Å²) in [6.45, 7) is 3.87. The van der Waals surface area contributed by atoms with Crippen molar-refractivity contribution < 1.29 is 19.4 Å². The second kappa shape index (κ2) is 5.05. The van der Waals surface area contributed by atoms with Crippen molar-refractivity contribution in [3.05, 3.63) is 34.9 Å². The molecule has 0 radical (unpaired) electrons. The van der Waals surface area contributed by atoms with Gasteiger partial charge in [0.25, 0.3) is 0 Å². The second-order valence-corrected chi connectivity index (χ2v) is 4.62. The largest absolute Gasteiger partial charge is 0.497 e. The van der Waals surface area contributed by atoms with Crippen LogP contribution in [-0.2, 0) is 15.1 Å². The number of fused-ring (bicyclic) bond motifs is 1. The molecule has 0 saturated heterocycles. The van der Waals surface area contributed by atoms with E-state index in [9.17, 15) is 9.90 Å². The highest BCUT2D eigenvalue weighted by Gasteiger charge is 2.40. The van der Waals surface area contributed by atoms with Crippen molar-refractivity contribution in [2.45, 2.75) is 25.9 Å². The first-order valence-corrected chi connectivity index (χ1v) is 6.26. The van der Waals surface area contributed by atoms with E-state index in [1.54, 1.807) is 20.1 Å². The van der Waals surface area contributed by atoms with E-state index < -0.39 is 11.6 Å². The first kappa shape index (κ1) is 13.6. The zero-order valence-corrected chi connectivity index (χ0v) is 11.4. The highest BCUT2D eigenvalue weighted by atomic mass is 16.5. The molecule has 19 heavy (non-hydrogen) atoms. The van der Waals surface area contributed by atoms with Gasteiger partial charge >= 0.3 is 5.97 Å². The number of rotatable bonds is 4. The van der Waals surface area contributed by atoms with Crippen LogP contribution in [-0.4, -0.2) is 24.8 Å². The molecule has 102 valence electrons. The molecular formula is C15H18O4. The Labute approximate surface area is 112 Å². The van der Waals surface area contributed by atoms with Crippen LogP contribution in [0.25, 0.3) is 6.08 Å². The van der Waals surface area contributed by atoms with Crippen LogP contribution in [0.3, 0.4) is 0 Å². The van der Waals surface area contributed by atoms with Crippen molar-refractivity contribution >= 4 is 12.0 Å². The summed E-state index contributed by atoms with van der Waals surface area (Å²) in [6.07, 6.45) is 1.80. The van der Waals surface area contributed by atoms with Crippen molar-refractivity contribution in [1.82, 2.24) is 0 Å². The molecule has 0 bridgehead atoms. The standard InChI is InChI=1S/C15H18O4/c1-4-19-14(16)9-15(17)10(2)7-11-5-6-12(18-3)8-13(11)15/h5-8,17H,4,9H2,1-3H3. The number of carbonyl (C=O) groups excluding carboxylic acids is 1. The number of benzene rings is 1. The van der Waals surface area contributed by atoms with Gasteiger partial charge in [-0.2, -0.15) is 0 Å². The minimum Gasteiger partial charge on any atom is -0.497 e. The van der Waals surface area contributed by atoms with Gasteiger partial charge in [0.2, 0.25) is 0 Å². The maximum atomic E-state index is 11.7. The third-order valence-electron chi connectivity index (χ3n) is 3.44. The minimum atomic E-state index is -1.30. The zero-order valence-electron chi connectivity index (χ0n) is 11.4. The normalized spacial score (nSPS) is 20.7. The smallest absolute Gasteiger partial charge is 0.309 e. The molecule has 0 saturated carbocycles. The van der Waals surface area contributed by atoms with Crippen LogP contribution < -0.4 is 4.74 Å². The highest BCUT2D eigenvalue weighted by Crippen LogP contribution is 2.43. The molecule has 4 heteroatoms. The molecule has 0 aliphatic heterocycles. The third-order valence-corrected chi connectivity index (χ3v) is 3.44. The summed E-state index contributed by atoms with van der Waals surface area (Å²) >= 11 is 0. The van der Waals surface area contributed by atoms with Gasteiger partial charge in [0, 0.05) is 0 Å². The summed E-state index contributed by atoms with van der Waals surface area (Å²) in [5.41, 5.74) is 1.04. The third kappa shape index (κ3) is 2.36. The van der Waals surface area contributed by atoms with Gasteiger partial charge < -0.3 is 14.6 Å². The van der Waals surface area contributed by atoms with Gasteiger partial charge in [0.1, 0.15) is 11.4 Å². The van der Waals surface area contributed by atoms with E-state index >= 15 is 0 Å². The topological polar surface area (TPSA) is 55.8 Å². The van der Waals surface area contributed by atoms with E-state index in [2.05, 4.69) is 0 Å². The first-order valence-electron chi connectivity index (χ1n) is 6.26. The molecular weight excluding hydrogens is 244 g/mol. The Balaban J connectivity index is 2.37. The summed E-state index contributed by atoms with van der Waals surface area (Å²) < 4.78 is 10.1. The van der Waals surface area contributed by atoms with E-state index in [0.29, 0.717) is 17.9 Å². The average Bonchev–Trinajstić information content (AvgIpc) is 2.61. The van der Waals surface area contributed by atoms with Crippen LogP contribution in [0.15, 0.2) is 23.8 Å². The lowest BCUT2D eigenvalue weighted by Crippen LogP contribution is -2.29. The van der Waals surface area contributed by atoms with Gasteiger partial charge in [0.05, 0.1) is 20.1 Å². The van der Waals surface area contributed by atoms with Crippen molar-refractivity contribution in [3.63, 3.8) is 0 Å². The number of esters is 1. The summed E-state index contributed by atoms with van der Waals surface area (Å²) in [7, 11) is 1.57. The fraction of sp³-hybridized carbons (Fsp3) is 0.400. The van der Waals surface area contributed by atoms with Crippen molar-refractivity contribution in [1.29, 1.82) is 0 Å². The highest BCUT2D eigenvalue weighted by molar-refractivity contribution is 5.77. The van der Waals surface area contributed by atoms with Crippen LogP contribution in [0.2, 0.25) is 0 Å². The van der Waals surface area contributed by atoms with Gasteiger partial charge in [-0.15, -0.1) is 0 Å². The minimum absolute atomic E-state index is 0.0800. The molecule has 1 unspecified atom stereocenters. The second-order valence-electron chi connectivity index (χ2n) is 4.62. The molecule has 1 N–H and O–H groups in total. The number of carbonyl (C=O) groups is 1. The predicted octanol–water partition coefficient (Wildman–Crippen LogP) is 2.25.